The molecule has 1 atom stereocenters. The van der Waals surface area contributed by atoms with E-state index in [1.807, 2.05) is 6.92 Å². The molecule has 102 valence electrons. The van der Waals surface area contributed by atoms with Crippen LogP contribution < -0.4 is 16.0 Å². The molecule has 7 heteroatoms. The molecule has 19 heavy (non-hydrogen) atoms. The summed E-state index contributed by atoms with van der Waals surface area (Å²) in [5.74, 6) is 0.321. The number of anilines is 2. The van der Waals surface area contributed by atoms with Gasteiger partial charge in [-0.05, 0) is 13.3 Å². The Morgan fingerprint density at radius 2 is 2.21 bits per heavy atom. The van der Waals surface area contributed by atoms with Crippen LogP contribution in [0.4, 0.5) is 11.6 Å². The quantitative estimate of drug-likeness (QED) is 0.736. The number of nitrogens with two attached hydrogens (primary N) is 1. The van der Waals surface area contributed by atoms with Crippen LogP contribution in [0.1, 0.15) is 25.8 Å². The first kappa shape index (κ1) is 13.3. The van der Waals surface area contributed by atoms with Gasteiger partial charge in [0.15, 0.2) is 0 Å². The molecule has 0 aliphatic carbocycles. The Morgan fingerprint density at radius 1 is 1.47 bits per heavy atom. The number of amides is 2. The molecule has 2 amide bonds. The monoisotopic (exact) mass is 263 g/mol. The molecular formula is C12H17N5O2. The molecule has 2 rings (SSSR count). The van der Waals surface area contributed by atoms with Crippen LogP contribution in [0.15, 0.2) is 6.33 Å². The lowest BCUT2D eigenvalue weighted by Gasteiger charge is -2.33. The highest BCUT2D eigenvalue weighted by Crippen LogP contribution is 2.25. The molecule has 0 radical (unpaired) electrons. The zero-order valence-electron chi connectivity index (χ0n) is 11.0. The zero-order valence-corrected chi connectivity index (χ0v) is 11.0. The van der Waals surface area contributed by atoms with Crippen LogP contribution in [-0.2, 0) is 16.0 Å². The highest BCUT2D eigenvalue weighted by Gasteiger charge is 2.32. The van der Waals surface area contributed by atoms with Gasteiger partial charge in [0.25, 0.3) is 0 Å². The summed E-state index contributed by atoms with van der Waals surface area (Å²) in [7, 11) is 0. The van der Waals surface area contributed by atoms with E-state index in [4.69, 9.17) is 5.73 Å². The number of carbonyl (C=O) groups is 2. The van der Waals surface area contributed by atoms with E-state index in [-0.39, 0.29) is 18.4 Å². The Labute approximate surface area is 111 Å². The van der Waals surface area contributed by atoms with Gasteiger partial charge >= 0.3 is 0 Å². The van der Waals surface area contributed by atoms with Crippen molar-refractivity contribution in [3.63, 3.8) is 0 Å². The number of nitrogen functional groups attached to an aromatic ring is 1. The SMILES string of the molecule is CCCc1c(N)ncnc1N1CC(=O)NC(=O)C1C. The lowest BCUT2D eigenvalue weighted by atomic mass is 10.1. The predicted octanol–water partition coefficient (Wildman–Crippen LogP) is -0.137. The third-order valence-electron chi connectivity index (χ3n) is 3.15. The standard InChI is InChI=1S/C12H17N5O2/c1-3-4-8-10(13)14-6-15-11(8)17-5-9(18)16-12(19)7(17)2/h6-7H,3-5H2,1-2H3,(H2,13,14,15)(H,16,18,19). The van der Waals surface area contributed by atoms with Crippen molar-refractivity contribution in [3.8, 4) is 0 Å². The number of piperazine rings is 1. The Balaban J connectivity index is 2.42. The van der Waals surface area contributed by atoms with Gasteiger partial charge in [-0.1, -0.05) is 13.3 Å². The number of aromatic nitrogens is 2. The summed E-state index contributed by atoms with van der Waals surface area (Å²) in [6.07, 6.45) is 2.95. The third-order valence-corrected chi connectivity index (χ3v) is 3.15. The molecule has 7 nitrogen and oxygen atoms in total. The van der Waals surface area contributed by atoms with Gasteiger partial charge in [-0.25, -0.2) is 9.97 Å². The van der Waals surface area contributed by atoms with Crippen LogP contribution in [0.5, 0.6) is 0 Å². The summed E-state index contributed by atoms with van der Waals surface area (Å²) in [4.78, 5) is 33.0. The number of rotatable bonds is 3. The van der Waals surface area contributed by atoms with Crippen molar-refractivity contribution >= 4 is 23.5 Å². The maximum Gasteiger partial charge on any atom is 0.249 e. The molecule has 1 aromatic rings. The van der Waals surface area contributed by atoms with Crippen LogP contribution in [0, 0.1) is 0 Å². The molecule has 0 saturated carbocycles. The Hall–Kier alpha value is -2.18. The van der Waals surface area contributed by atoms with E-state index in [1.54, 1.807) is 11.8 Å². The highest BCUT2D eigenvalue weighted by molar-refractivity contribution is 6.04. The predicted molar refractivity (Wildman–Crippen MR) is 70.4 cm³/mol. The third kappa shape index (κ3) is 2.49. The molecule has 1 fully saturated rings. The number of hydrogen-bond donors (Lipinski definition) is 2. The Morgan fingerprint density at radius 3 is 2.89 bits per heavy atom. The number of nitrogens with one attached hydrogen (secondary N) is 1. The van der Waals surface area contributed by atoms with Crippen LogP contribution in [0.2, 0.25) is 0 Å². The van der Waals surface area contributed by atoms with Crippen molar-refractivity contribution in [2.45, 2.75) is 32.7 Å². The minimum Gasteiger partial charge on any atom is -0.383 e. The summed E-state index contributed by atoms with van der Waals surface area (Å²) in [5, 5.41) is 2.30. The van der Waals surface area contributed by atoms with E-state index >= 15 is 0 Å². The maximum atomic E-state index is 11.7. The van der Waals surface area contributed by atoms with Gasteiger partial charge in [-0.2, -0.15) is 0 Å². The molecule has 1 aromatic heterocycles. The molecular weight excluding hydrogens is 246 g/mol. The summed E-state index contributed by atoms with van der Waals surface area (Å²) in [6.45, 7) is 3.85. The average molecular weight is 263 g/mol. The normalized spacial score (nSPS) is 19.5. The number of carbonyl (C=O) groups excluding carboxylic acids is 2. The molecule has 1 aliphatic rings. The second kappa shape index (κ2) is 5.21. The molecule has 1 aliphatic heterocycles. The Bertz CT molecular complexity index is 517. The molecule has 3 N–H and O–H groups in total. The topological polar surface area (TPSA) is 101 Å². The van der Waals surface area contributed by atoms with Gasteiger partial charge in [-0.3, -0.25) is 14.9 Å². The van der Waals surface area contributed by atoms with Crippen molar-refractivity contribution in [2.24, 2.45) is 0 Å². The zero-order chi connectivity index (χ0) is 14.0. The van der Waals surface area contributed by atoms with Crippen LogP contribution in [0.3, 0.4) is 0 Å². The molecule has 0 bridgehead atoms. The van der Waals surface area contributed by atoms with Gasteiger partial charge < -0.3 is 10.6 Å². The van der Waals surface area contributed by atoms with E-state index in [9.17, 15) is 9.59 Å². The van der Waals surface area contributed by atoms with Crippen molar-refractivity contribution < 1.29 is 9.59 Å². The average Bonchev–Trinajstić information content (AvgIpc) is 2.36. The maximum absolute atomic E-state index is 11.7. The van der Waals surface area contributed by atoms with Crippen LogP contribution in [0.25, 0.3) is 0 Å². The number of hydrogen-bond acceptors (Lipinski definition) is 6. The summed E-state index contributed by atoms with van der Waals surface area (Å²) in [5.41, 5.74) is 6.66. The van der Waals surface area contributed by atoms with Crippen LogP contribution >= 0.6 is 0 Å². The van der Waals surface area contributed by atoms with E-state index in [0.29, 0.717) is 18.1 Å². The van der Waals surface area contributed by atoms with Crippen molar-refractivity contribution in [1.29, 1.82) is 0 Å². The fraction of sp³-hybridized carbons (Fsp3) is 0.500. The van der Waals surface area contributed by atoms with E-state index in [1.165, 1.54) is 6.33 Å². The Kier molecular flexibility index (Phi) is 3.64. The van der Waals surface area contributed by atoms with Crippen molar-refractivity contribution in [1.82, 2.24) is 15.3 Å². The first-order valence-corrected chi connectivity index (χ1v) is 6.24. The van der Waals surface area contributed by atoms with Gasteiger partial charge in [0.05, 0.1) is 6.54 Å². The van der Waals surface area contributed by atoms with Gasteiger partial charge in [0, 0.05) is 5.56 Å². The van der Waals surface area contributed by atoms with E-state index in [2.05, 4.69) is 15.3 Å². The lowest BCUT2D eigenvalue weighted by Crippen LogP contribution is -2.57. The molecule has 1 saturated heterocycles. The molecule has 0 spiro atoms. The number of imide groups is 1. The minimum absolute atomic E-state index is 0.0973. The summed E-state index contributed by atoms with van der Waals surface area (Å²) >= 11 is 0. The largest absolute Gasteiger partial charge is 0.383 e. The highest BCUT2D eigenvalue weighted by atomic mass is 16.2. The lowest BCUT2D eigenvalue weighted by molar-refractivity contribution is -0.132. The second-order valence-electron chi connectivity index (χ2n) is 4.53. The van der Waals surface area contributed by atoms with Gasteiger partial charge in [-0.15, -0.1) is 0 Å². The van der Waals surface area contributed by atoms with Crippen molar-refractivity contribution in [2.75, 3.05) is 17.2 Å². The first-order chi connectivity index (χ1) is 9.04. The van der Waals surface area contributed by atoms with Gasteiger partial charge in [0.2, 0.25) is 11.8 Å². The summed E-state index contributed by atoms with van der Waals surface area (Å²) in [6, 6.07) is -0.456. The van der Waals surface area contributed by atoms with Crippen LogP contribution in [-0.4, -0.2) is 34.4 Å². The smallest absolute Gasteiger partial charge is 0.249 e. The van der Waals surface area contributed by atoms with Gasteiger partial charge in [0.1, 0.15) is 24.0 Å². The summed E-state index contributed by atoms with van der Waals surface area (Å²) < 4.78 is 0. The first-order valence-electron chi connectivity index (χ1n) is 6.24. The van der Waals surface area contributed by atoms with Crippen molar-refractivity contribution in [3.05, 3.63) is 11.9 Å². The van der Waals surface area contributed by atoms with E-state index in [0.717, 1.165) is 12.0 Å². The second-order valence-corrected chi connectivity index (χ2v) is 4.53. The molecule has 2 heterocycles. The van der Waals surface area contributed by atoms with E-state index < -0.39 is 6.04 Å². The minimum atomic E-state index is -0.456. The molecule has 0 aromatic carbocycles. The fourth-order valence-electron chi connectivity index (χ4n) is 2.13. The fourth-order valence-corrected chi connectivity index (χ4v) is 2.13. The molecule has 1 unspecified atom stereocenters. The number of nitrogens with zero attached hydrogens (tertiary/aromatic N) is 3.